The Kier molecular flexibility index (Phi) is 7.16. The fourth-order valence-corrected chi connectivity index (χ4v) is 4.12. The first-order chi connectivity index (χ1) is 14.6. The fraction of sp³-hybridized carbons (Fsp3) is 0.450. The van der Waals surface area contributed by atoms with Crippen LogP contribution in [-0.4, -0.2) is 47.7 Å². The van der Waals surface area contributed by atoms with Crippen LogP contribution in [0.4, 0.5) is 24.0 Å². The van der Waals surface area contributed by atoms with Gasteiger partial charge in [-0.1, -0.05) is 0 Å². The topological polar surface area (TPSA) is 83.6 Å². The molecule has 0 saturated carbocycles. The number of carbonyl (C=O) groups is 2. The van der Waals surface area contributed by atoms with Crippen LogP contribution in [-0.2, 0) is 9.59 Å². The van der Waals surface area contributed by atoms with E-state index in [1.807, 2.05) is 18.7 Å². The third kappa shape index (κ3) is 6.93. The molecule has 1 unspecified atom stereocenters. The lowest BCUT2D eigenvalue weighted by atomic mass is 9.97. The van der Waals surface area contributed by atoms with E-state index in [9.17, 15) is 22.8 Å². The lowest BCUT2D eigenvalue weighted by Gasteiger charge is -2.31. The summed E-state index contributed by atoms with van der Waals surface area (Å²) in [6.45, 7) is 5.10. The fourth-order valence-electron chi connectivity index (χ4n) is 3.29. The first-order valence-corrected chi connectivity index (χ1v) is 10.5. The number of hydrogen-bond donors (Lipinski definition) is 2. The van der Waals surface area contributed by atoms with E-state index in [-0.39, 0.29) is 30.0 Å². The molecule has 1 saturated heterocycles. The minimum Gasteiger partial charge on any atom is -0.406 e. The molecule has 0 aliphatic carbocycles. The molecule has 0 radical (unpaired) electrons. The van der Waals surface area contributed by atoms with Crippen molar-refractivity contribution in [2.75, 3.05) is 30.3 Å². The number of thiazole rings is 1. The number of nitrogens with one attached hydrogen (secondary N) is 2. The summed E-state index contributed by atoms with van der Waals surface area (Å²) in [5.74, 6) is -1.10. The van der Waals surface area contributed by atoms with Crippen LogP contribution in [0.2, 0.25) is 0 Å². The van der Waals surface area contributed by atoms with Crippen molar-refractivity contribution in [1.82, 2.24) is 9.88 Å². The van der Waals surface area contributed by atoms with Gasteiger partial charge in [0.2, 0.25) is 11.8 Å². The van der Waals surface area contributed by atoms with Crippen LogP contribution in [0.5, 0.6) is 5.75 Å². The summed E-state index contributed by atoms with van der Waals surface area (Å²) >= 11 is 1.42. The van der Waals surface area contributed by atoms with Crippen LogP contribution in [0.15, 0.2) is 24.3 Å². The van der Waals surface area contributed by atoms with Gasteiger partial charge in [-0.25, -0.2) is 4.98 Å². The summed E-state index contributed by atoms with van der Waals surface area (Å²) in [5.41, 5.74) is 1.26. The number of hydrogen-bond acceptors (Lipinski definition) is 6. The quantitative estimate of drug-likeness (QED) is 0.688. The molecule has 31 heavy (non-hydrogen) atoms. The third-order valence-electron chi connectivity index (χ3n) is 4.87. The van der Waals surface area contributed by atoms with Crippen molar-refractivity contribution >= 4 is 34.0 Å². The van der Waals surface area contributed by atoms with Crippen molar-refractivity contribution in [3.05, 3.63) is 34.8 Å². The number of piperidine rings is 1. The lowest BCUT2D eigenvalue weighted by Crippen LogP contribution is -2.43. The zero-order valence-electron chi connectivity index (χ0n) is 17.1. The lowest BCUT2D eigenvalue weighted by molar-refractivity contribution is -0.274. The smallest absolute Gasteiger partial charge is 0.406 e. The van der Waals surface area contributed by atoms with Crippen molar-refractivity contribution in [1.29, 1.82) is 0 Å². The monoisotopic (exact) mass is 456 g/mol. The Balaban J connectivity index is 1.50. The molecule has 1 aromatic carbocycles. The molecule has 2 aromatic rings. The maximum atomic E-state index is 12.6. The summed E-state index contributed by atoms with van der Waals surface area (Å²) in [6, 6.07) is 4.99. The van der Waals surface area contributed by atoms with E-state index in [0.717, 1.165) is 29.1 Å². The molecule has 1 aliphatic rings. The maximum Gasteiger partial charge on any atom is 0.573 e. The Morgan fingerprint density at radius 3 is 2.55 bits per heavy atom. The number of aryl methyl sites for hydroxylation is 2. The number of halogens is 3. The highest BCUT2D eigenvalue weighted by Gasteiger charge is 2.31. The van der Waals surface area contributed by atoms with Crippen molar-refractivity contribution in [2.45, 2.75) is 33.1 Å². The molecule has 1 fully saturated rings. The molecule has 0 bridgehead atoms. The molecular weight excluding hydrogens is 433 g/mol. The highest BCUT2D eigenvalue weighted by Crippen LogP contribution is 2.25. The number of amides is 2. The Morgan fingerprint density at radius 1 is 1.23 bits per heavy atom. The number of nitrogens with zero attached hydrogens (tertiary/aromatic N) is 2. The predicted molar refractivity (Wildman–Crippen MR) is 111 cm³/mol. The zero-order chi connectivity index (χ0) is 22.6. The largest absolute Gasteiger partial charge is 0.573 e. The first-order valence-electron chi connectivity index (χ1n) is 9.72. The minimum atomic E-state index is -4.76. The molecular formula is C20H23F3N4O3S. The van der Waals surface area contributed by atoms with Crippen LogP contribution in [0.25, 0.3) is 0 Å². The summed E-state index contributed by atoms with van der Waals surface area (Å²) in [4.78, 5) is 32.2. The average molecular weight is 456 g/mol. The van der Waals surface area contributed by atoms with E-state index < -0.39 is 6.36 Å². The number of rotatable bonds is 6. The number of benzene rings is 1. The Hall–Kier alpha value is -2.66. The standard InChI is InChI=1S/C20H23F3N4O3S/c1-12-13(2)31-19(24-12)26-17(28)11-27-9-3-4-14(10-27)18(29)25-15-5-7-16(8-6-15)30-20(21,22)23/h5-8,14H,3-4,9-11H2,1-2H3,(H,25,29)(H,24,26,28). The highest BCUT2D eigenvalue weighted by atomic mass is 32.1. The summed E-state index contributed by atoms with van der Waals surface area (Å²) < 4.78 is 40.5. The Bertz CT molecular complexity index is 911. The van der Waals surface area contributed by atoms with Gasteiger partial charge in [0, 0.05) is 17.1 Å². The summed E-state index contributed by atoms with van der Waals surface area (Å²) in [6.07, 6.45) is -3.33. The van der Waals surface area contributed by atoms with Gasteiger partial charge < -0.3 is 15.4 Å². The van der Waals surface area contributed by atoms with Gasteiger partial charge >= 0.3 is 6.36 Å². The Morgan fingerprint density at radius 2 is 1.94 bits per heavy atom. The minimum absolute atomic E-state index is 0.158. The summed E-state index contributed by atoms with van der Waals surface area (Å²) in [7, 11) is 0. The van der Waals surface area contributed by atoms with Crippen molar-refractivity contribution < 1.29 is 27.5 Å². The molecule has 2 N–H and O–H groups in total. The van der Waals surface area contributed by atoms with E-state index in [1.165, 1.54) is 23.5 Å². The van der Waals surface area contributed by atoms with Gasteiger partial charge in [0.15, 0.2) is 5.13 Å². The first kappa shape index (κ1) is 23.0. The number of aromatic nitrogens is 1. The van der Waals surface area contributed by atoms with Crippen LogP contribution >= 0.6 is 11.3 Å². The number of alkyl halides is 3. The van der Waals surface area contributed by atoms with E-state index >= 15 is 0 Å². The molecule has 168 valence electrons. The van der Waals surface area contributed by atoms with Crippen LogP contribution in [0.1, 0.15) is 23.4 Å². The second kappa shape index (κ2) is 9.65. The summed E-state index contributed by atoms with van der Waals surface area (Å²) in [5, 5.41) is 6.06. The molecule has 2 heterocycles. The van der Waals surface area contributed by atoms with Gasteiger partial charge in [-0.15, -0.1) is 24.5 Å². The second-order valence-electron chi connectivity index (χ2n) is 7.34. The number of ether oxygens (including phenoxy) is 1. The van der Waals surface area contributed by atoms with Crippen LogP contribution in [0, 0.1) is 19.8 Å². The van der Waals surface area contributed by atoms with Crippen LogP contribution < -0.4 is 15.4 Å². The third-order valence-corrected chi connectivity index (χ3v) is 5.86. The molecule has 11 heteroatoms. The van der Waals surface area contributed by atoms with E-state index in [1.54, 1.807) is 0 Å². The average Bonchev–Trinajstić information content (AvgIpc) is 2.99. The van der Waals surface area contributed by atoms with Gasteiger partial charge in [0.05, 0.1) is 18.2 Å². The van der Waals surface area contributed by atoms with Gasteiger partial charge in [-0.2, -0.15) is 0 Å². The van der Waals surface area contributed by atoms with Crippen LogP contribution in [0.3, 0.4) is 0 Å². The molecule has 1 aliphatic heterocycles. The number of carbonyl (C=O) groups excluding carboxylic acids is 2. The van der Waals surface area contributed by atoms with Gasteiger partial charge in [0.1, 0.15) is 5.75 Å². The number of anilines is 2. The van der Waals surface area contributed by atoms with Crippen molar-refractivity contribution in [3.8, 4) is 5.75 Å². The van der Waals surface area contributed by atoms with Gasteiger partial charge in [-0.05, 0) is 57.5 Å². The van der Waals surface area contributed by atoms with Crippen molar-refractivity contribution in [2.24, 2.45) is 5.92 Å². The normalized spacial score (nSPS) is 17.3. The van der Waals surface area contributed by atoms with Gasteiger partial charge in [0.25, 0.3) is 0 Å². The molecule has 3 rings (SSSR count). The van der Waals surface area contributed by atoms with E-state index in [4.69, 9.17) is 0 Å². The number of likely N-dealkylation sites (tertiary alicyclic amines) is 1. The van der Waals surface area contributed by atoms with E-state index in [0.29, 0.717) is 30.3 Å². The molecule has 2 amide bonds. The molecule has 1 atom stereocenters. The van der Waals surface area contributed by atoms with Crippen molar-refractivity contribution in [3.63, 3.8) is 0 Å². The highest BCUT2D eigenvalue weighted by molar-refractivity contribution is 7.15. The maximum absolute atomic E-state index is 12.6. The molecule has 1 aromatic heterocycles. The SMILES string of the molecule is Cc1nc(NC(=O)CN2CCCC(C(=O)Nc3ccc(OC(F)(F)F)cc3)C2)sc1C. The second-order valence-corrected chi connectivity index (χ2v) is 8.55. The predicted octanol–water partition coefficient (Wildman–Crippen LogP) is 3.95. The molecule has 0 spiro atoms. The Labute approximate surface area is 181 Å². The molecule has 7 nitrogen and oxygen atoms in total. The van der Waals surface area contributed by atoms with Gasteiger partial charge in [-0.3, -0.25) is 14.5 Å². The zero-order valence-corrected chi connectivity index (χ0v) is 17.9. The van der Waals surface area contributed by atoms with E-state index in [2.05, 4.69) is 20.4 Å².